The predicted octanol–water partition coefficient (Wildman–Crippen LogP) is 0.992. The second-order valence-electron chi connectivity index (χ2n) is 5.96. The molecule has 1 saturated carbocycles. The monoisotopic (exact) mass is 268 g/mol. The highest BCUT2D eigenvalue weighted by Crippen LogP contribution is 2.31. The number of aliphatic carboxylic acids is 1. The molecule has 4 unspecified atom stereocenters. The molecule has 0 aromatic rings. The van der Waals surface area contributed by atoms with Crippen molar-refractivity contribution in [3.05, 3.63) is 0 Å². The zero-order valence-corrected chi connectivity index (χ0v) is 11.5. The number of carbonyl (C=O) groups is 2. The van der Waals surface area contributed by atoms with Crippen molar-refractivity contribution in [1.29, 1.82) is 0 Å². The SMILES string of the molecule is CC1CC(C(=O)NCC2CCCC2C(=O)O)CCN1. The summed E-state index contributed by atoms with van der Waals surface area (Å²) in [5, 5.41) is 15.4. The molecule has 2 rings (SSSR count). The summed E-state index contributed by atoms with van der Waals surface area (Å²) in [5.41, 5.74) is 0. The van der Waals surface area contributed by atoms with Crippen LogP contribution in [-0.4, -0.2) is 36.1 Å². The molecule has 2 aliphatic rings. The van der Waals surface area contributed by atoms with E-state index >= 15 is 0 Å². The Balaban J connectivity index is 1.78. The molecular formula is C14H24N2O3. The first kappa shape index (κ1) is 14.3. The van der Waals surface area contributed by atoms with Crippen LogP contribution in [0.2, 0.25) is 0 Å². The number of amides is 1. The molecule has 0 aromatic carbocycles. The minimum Gasteiger partial charge on any atom is -0.481 e. The summed E-state index contributed by atoms with van der Waals surface area (Å²) in [4.78, 5) is 23.2. The molecule has 1 heterocycles. The van der Waals surface area contributed by atoms with Crippen LogP contribution in [0.1, 0.15) is 39.0 Å². The van der Waals surface area contributed by atoms with Gasteiger partial charge in [0, 0.05) is 18.5 Å². The highest BCUT2D eigenvalue weighted by molar-refractivity contribution is 5.79. The van der Waals surface area contributed by atoms with Crippen LogP contribution in [0.4, 0.5) is 0 Å². The topological polar surface area (TPSA) is 78.4 Å². The van der Waals surface area contributed by atoms with Crippen molar-refractivity contribution >= 4 is 11.9 Å². The molecule has 3 N–H and O–H groups in total. The molecule has 0 aromatic heterocycles. The van der Waals surface area contributed by atoms with Crippen molar-refractivity contribution in [2.75, 3.05) is 13.1 Å². The lowest BCUT2D eigenvalue weighted by Gasteiger charge is -2.27. The van der Waals surface area contributed by atoms with E-state index in [-0.39, 0.29) is 23.7 Å². The zero-order chi connectivity index (χ0) is 13.8. The number of nitrogens with one attached hydrogen (secondary N) is 2. The number of carboxylic acids is 1. The summed E-state index contributed by atoms with van der Waals surface area (Å²) in [6, 6.07) is 0.391. The Bertz CT molecular complexity index is 346. The highest BCUT2D eigenvalue weighted by Gasteiger charge is 2.33. The Kier molecular flexibility index (Phi) is 4.80. The molecule has 1 saturated heterocycles. The maximum Gasteiger partial charge on any atom is 0.306 e. The zero-order valence-electron chi connectivity index (χ0n) is 11.5. The third-order valence-corrected chi connectivity index (χ3v) is 4.51. The van der Waals surface area contributed by atoms with E-state index in [1.54, 1.807) is 0 Å². The van der Waals surface area contributed by atoms with Crippen LogP contribution in [0.5, 0.6) is 0 Å². The Labute approximate surface area is 114 Å². The van der Waals surface area contributed by atoms with E-state index in [9.17, 15) is 9.59 Å². The first-order valence-corrected chi connectivity index (χ1v) is 7.32. The quantitative estimate of drug-likeness (QED) is 0.710. The fourth-order valence-electron chi connectivity index (χ4n) is 3.35. The molecule has 5 nitrogen and oxygen atoms in total. The van der Waals surface area contributed by atoms with E-state index in [4.69, 9.17) is 5.11 Å². The maximum atomic E-state index is 12.1. The van der Waals surface area contributed by atoms with Crippen LogP contribution in [-0.2, 0) is 9.59 Å². The number of rotatable bonds is 4. The molecule has 0 bridgehead atoms. The van der Waals surface area contributed by atoms with Crippen LogP contribution in [0.3, 0.4) is 0 Å². The van der Waals surface area contributed by atoms with Crippen molar-refractivity contribution < 1.29 is 14.7 Å². The van der Waals surface area contributed by atoms with Gasteiger partial charge < -0.3 is 15.7 Å². The smallest absolute Gasteiger partial charge is 0.306 e. The number of hydrogen-bond donors (Lipinski definition) is 3. The molecule has 2 fully saturated rings. The summed E-state index contributed by atoms with van der Waals surface area (Å²) in [5.74, 6) is -0.689. The Morgan fingerprint density at radius 2 is 2.11 bits per heavy atom. The van der Waals surface area contributed by atoms with Crippen LogP contribution in [0, 0.1) is 17.8 Å². The minimum atomic E-state index is -0.716. The van der Waals surface area contributed by atoms with Crippen LogP contribution in [0.25, 0.3) is 0 Å². The summed E-state index contributed by atoms with van der Waals surface area (Å²) in [6.07, 6.45) is 4.38. The molecule has 1 amide bonds. The lowest BCUT2D eigenvalue weighted by atomic mass is 9.91. The van der Waals surface area contributed by atoms with E-state index in [0.717, 1.165) is 38.6 Å². The number of piperidine rings is 1. The minimum absolute atomic E-state index is 0.0842. The molecular weight excluding hydrogens is 244 g/mol. The van der Waals surface area contributed by atoms with Gasteiger partial charge in [-0.25, -0.2) is 0 Å². The second kappa shape index (κ2) is 6.37. The van der Waals surface area contributed by atoms with E-state index in [2.05, 4.69) is 17.6 Å². The van der Waals surface area contributed by atoms with Crippen LogP contribution < -0.4 is 10.6 Å². The van der Waals surface area contributed by atoms with Gasteiger partial charge >= 0.3 is 5.97 Å². The van der Waals surface area contributed by atoms with Crippen molar-refractivity contribution in [3.8, 4) is 0 Å². The molecule has 0 radical (unpaired) electrons. The third-order valence-electron chi connectivity index (χ3n) is 4.51. The van der Waals surface area contributed by atoms with E-state index in [0.29, 0.717) is 12.6 Å². The van der Waals surface area contributed by atoms with Gasteiger partial charge in [0.15, 0.2) is 0 Å². The lowest BCUT2D eigenvalue weighted by molar-refractivity contribution is -0.143. The fourth-order valence-corrected chi connectivity index (χ4v) is 3.35. The van der Waals surface area contributed by atoms with Crippen molar-refractivity contribution in [2.45, 2.75) is 45.1 Å². The van der Waals surface area contributed by atoms with E-state index in [1.165, 1.54) is 0 Å². The van der Waals surface area contributed by atoms with E-state index < -0.39 is 5.97 Å². The van der Waals surface area contributed by atoms with Gasteiger partial charge in [0.25, 0.3) is 0 Å². The summed E-state index contributed by atoms with van der Waals surface area (Å²) in [6.45, 7) is 3.51. The number of carbonyl (C=O) groups excluding carboxylic acids is 1. The van der Waals surface area contributed by atoms with Crippen LogP contribution >= 0.6 is 0 Å². The molecule has 108 valence electrons. The average Bonchev–Trinajstić information content (AvgIpc) is 2.84. The molecule has 0 spiro atoms. The largest absolute Gasteiger partial charge is 0.481 e. The second-order valence-corrected chi connectivity index (χ2v) is 5.96. The summed E-state index contributed by atoms with van der Waals surface area (Å²) >= 11 is 0. The molecule has 19 heavy (non-hydrogen) atoms. The maximum absolute atomic E-state index is 12.1. The molecule has 1 aliphatic carbocycles. The molecule has 5 heteroatoms. The first-order valence-electron chi connectivity index (χ1n) is 7.32. The number of carboxylic acid groups (broad SMARTS) is 1. The van der Waals surface area contributed by atoms with Gasteiger partial charge in [-0.05, 0) is 45.1 Å². The fraction of sp³-hybridized carbons (Fsp3) is 0.857. The molecule has 1 aliphatic heterocycles. The van der Waals surface area contributed by atoms with Gasteiger partial charge in [-0.2, -0.15) is 0 Å². The lowest BCUT2D eigenvalue weighted by Crippen LogP contribution is -2.43. The van der Waals surface area contributed by atoms with Gasteiger partial charge in [0.05, 0.1) is 5.92 Å². The Morgan fingerprint density at radius 1 is 1.32 bits per heavy atom. The van der Waals surface area contributed by atoms with Gasteiger partial charge in [-0.15, -0.1) is 0 Å². The highest BCUT2D eigenvalue weighted by atomic mass is 16.4. The Morgan fingerprint density at radius 3 is 2.79 bits per heavy atom. The third kappa shape index (κ3) is 3.69. The summed E-state index contributed by atoms with van der Waals surface area (Å²) in [7, 11) is 0. The van der Waals surface area contributed by atoms with E-state index in [1.807, 2.05) is 0 Å². The van der Waals surface area contributed by atoms with Gasteiger partial charge in [0.2, 0.25) is 5.91 Å². The van der Waals surface area contributed by atoms with Crippen molar-refractivity contribution in [3.63, 3.8) is 0 Å². The van der Waals surface area contributed by atoms with Gasteiger partial charge in [-0.1, -0.05) is 6.42 Å². The van der Waals surface area contributed by atoms with Crippen LogP contribution in [0.15, 0.2) is 0 Å². The average molecular weight is 268 g/mol. The first-order chi connectivity index (χ1) is 9.08. The van der Waals surface area contributed by atoms with Crippen molar-refractivity contribution in [2.24, 2.45) is 17.8 Å². The normalized spacial score (nSPS) is 35.0. The van der Waals surface area contributed by atoms with Gasteiger partial charge in [-0.3, -0.25) is 9.59 Å². The van der Waals surface area contributed by atoms with Crippen molar-refractivity contribution in [1.82, 2.24) is 10.6 Å². The summed E-state index contributed by atoms with van der Waals surface area (Å²) < 4.78 is 0. The standard InChI is InChI=1S/C14H24N2O3/c1-9-7-10(5-6-15-9)13(17)16-8-11-3-2-4-12(11)14(18)19/h9-12,15H,2-8H2,1H3,(H,16,17)(H,18,19). The Hall–Kier alpha value is -1.10. The predicted molar refractivity (Wildman–Crippen MR) is 71.7 cm³/mol. The van der Waals surface area contributed by atoms with Gasteiger partial charge in [0.1, 0.15) is 0 Å². The molecule has 4 atom stereocenters. The number of hydrogen-bond acceptors (Lipinski definition) is 3.